The van der Waals surface area contributed by atoms with Gasteiger partial charge in [0.05, 0.1) is 14.2 Å². The number of phenols is 1. The van der Waals surface area contributed by atoms with E-state index in [1.807, 2.05) is 0 Å². The van der Waals surface area contributed by atoms with Crippen molar-refractivity contribution in [1.29, 1.82) is 0 Å². The summed E-state index contributed by atoms with van der Waals surface area (Å²) in [5.41, 5.74) is 0. The summed E-state index contributed by atoms with van der Waals surface area (Å²) in [6, 6.07) is 1.10. The van der Waals surface area contributed by atoms with Gasteiger partial charge in [0, 0.05) is 6.07 Å². The van der Waals surface area contributed by atoms with Crippen LogP contribution in [0.5, 0.6) is 17.2 Å². The van der Waals surface area contributed by atoms with Gasteiger partial charge in [-0.15, -0.1) is 0 Å². The van der Waals surface area contributed by atoms with Crippen LogP contribution in [-0.2, 0) is 0 Å². The molecule has 0 aromatic heterocycles. The maximum atomic E-state index is 13.0. The van der Waals surface area contributed by atoms with Crippen molar-refractivity contribution in [3.8, 4) is 17.2 Å². The fourth-order valence-corrected chi connectivity index (χ4v) is 1.18. The van der Waals surface area contributed by atoms with Gasteiger partial charge < -0.3 is 14.6 Å². The minimum atomic E-state index is -0.917. The Hall–Kier alpha value is -1.16. The van der Waals surface area contributed by atoms with Crippen molar-refractivity contribution in [1.82, 2.24) is 0 Å². The summed E-state index contributed by atoms with van der Waals surface area (Å²) in [5.74, 6) is -1.23. The SMILES string of the molecule is COc1cc(O)c(F)c(Cl)c1OC. The van der Waals surface area contributed by atoms with Crippen LogP contribution in [0.4, 0.5) is 4.39 Å². The molecule has 0 heterocycles. The number of ether oxygens (including phenoxy) is 2. The van der Waals surface area contributed by atoms with Crippen LogP contribution in [0.25, 0.3) is 0 Å². The van der Waals surface area contributed by atoms with Crippen LogP contribution in [-0.4, -0.2) is 19.3 Å². The highest BCUT2D eigenvalue weighted by Crippen LogP contribution is 2.40. The third kappa shape index (κ3) is 1.62. The number of aromatic hydroxyl groups is 1. The first-order chi connectivity index (χ1) is 6.11. The number of halogens is 2. The molecule has 0 bridgehead atoms. The summed E-state index contributed by atoms with van der Waals surface area (Å²) in [5, 5.41) is 8.74. The molecule has 0 aliphatic heterocycles. The van der Waals surface area contributed by atoms with Crippen molar-refractivity contribution in [2.75, 3.05) is 14.2 Å². The number of methoxy groups -OCH3 is 2. The molecule has 1 N–H and O–H groups in total. The minimum absolute atomic E-state index is 0.0690. The summed E-state index contributed by atoms with van der Waals surface area (Å²) < 4.78 is 22.6. The van der Waals surface area contributed by atoms with E-state index in [9.17, 15) is 4.39 Å². The first-order valence-corrected chi connectivity index (χ1v) is 3.78. The highest BCUT2D eigenvalue weighted by atomic mass is 35.5. The zero-order valence-corrected chi connectivity index (χ0v) is 7.85. The molecule has 1 aromatic carbocycles. The Labute approximate surface area is 79.7 Å². The van der Waals surface area contributed by atoms with Crippen molar-refractivity contribution >= 4 is 11.6 Å². The molecule has 0 spiro atoms. The van der Waals surface area contributed by atoms with Crippen LogP contribution in [0.2, 0.25) is 5.02 Å². The predicted molar refractivity (Wildman–Crippen MR) is 46.2 cm³/mol. The first kappa shape index (κ1) is 9.92. The van der Waals surface area contributed by atoms with Gasteiger partial charge >= 0.3 is 0 Å². The van der Waals surface area contributed by atoms with Gasteiger partial charge in [-0.05, 0) is 0 Å². The van der Waals surface area contributed by atoms with E-state index in [4.69, 9.17) is 26.2 Å². The topological polar surface area (TPSA) is 38.7 Å². The zero-order valence-electron chi connectivity index (χ0n) is 7.10. The Morgan fingerprint density at radius 3 is 2.46 bits per heavy atom. The molecule has 72 valence electrons. The third-order valence-corrected chi connectivity index (χ3v) is 1.87. The molecule has 5 heteroatoms. The second-order valence-corrected chi connectivity index (χ2v) is 2.64. The lowest BCUT2D eigenvalue weighted by molar-refractivity contribution is 0.345. The number of hydrogen-bond acceptors (Lipinski definition) is 3. The fraction of sp³-hybridized carbons (Fsp3) is 0.250. The number of hydrogen-bond donors (Lipinski definition) is 1. The normalized spacial score (nSPS) is 9.85. The van der Waals surface area contributed by atoms with Crippen molar-refractivity contribution in [3.05, 3.63) is 16.9 Å². The van der Waals surface area contributed by atoms with Gasteiger partial charge in [0.25, 0.3) is 0 Å². The lowest BCUT2D eigenvalue weighted by Crippen LogP contribution is -1.93. The average Bonchev–Trinajstić information content (AvgIpc) is 2.13. The predicted octanol–water partition coefficient (Wildman–Crippen LogP) is 2.20. The quantitative estimate of drug-likeness (QED) is 0.806. The molecule has 0 unspecified atom stereocenters. The maximum absolute atomic E-state index is 13.0. The van der Waals surface area contributed by atoms with Crippen molar-refractivity contribution in [2.45, 2.75) is 0 Å². The number of benzene rings is 1. The smallest absolute Gasteiger partial charge is 0.187 e. The molecule has 0 saturated carbocycles. The monoisotopic (exact) mass is 206 g/mol. The van der Waals surface area contributed by atoms with E-state index in [0.717, 1.165) is 6.07 Å². The molecule has 0 amide bonds. The van der Waals surface area contributed by atoms with Crippen LogP contribution in [0.3, 0.4) is 0 Å². The van der Waals surface area contributed by atoms with Gasteiger partial charge in [0.1, 0.15) is 5.02 Å². The maximum Gasteiger partial charge on any atom is 0.187 e. The molecule has 3 nitrogen and oxygen atoms in total. The van der Waals surface area contributed by atoms with Gasteiger partial charge in [-0.25, -0.2) is 4.39 Å². The molecular weight excluding hydrogens is 199 g/mol. The van der Waals surface area contributed by atoms with Crippen LogP contribution in [0.15, 0.2) is 6.07 Å². The first-order valence-electron chi connectivity index (χ1n) is 3.40. The van der Waals surface area contributed by atoms with Gasteiger partial charge in [0.2, 0.25) is 0 Å². The Morgan fingerprint density at radius 1 is 1.38 bits per heavy atom. The summed E-state index contributed by atoms with van der Waals surface area (Å²) >= 11 is 5.54. The van der Waals surface area contributed by atoms with Crippen LogP contribution in [0, 0.1) is 5.82 Å². The molecule has 0 saturated heterocycles. The van der Waals surface area contributed by atoms with Gasteiger partial charge in [-0.1, -0.05) is 11.6 Å². The highest BCUT2D eigenvalue weighted by molar-refractivity contribution is 6.32. The van der Waals surface area contributed by atoms with E-state index in [0.29, 0.717) is 0 Å². The van der Waals surface area contributed by atoms with Gasteiger partial charge in [-0.3, -0.25) is 0 Å². The summed E-state index contributed by atoms with van der Waals surface area (Å²) in [7, 11) is 2.70. The van der Waals surface area contributed by atoms with Crippen LogP contribution < -0.4 is 9.47 Å². The van der Waals surface area contributed by atoms with Crippen molar-refractivity contribution in [3.63, 3.8) is 0 Å². The molecule has 0 atom stereocenters. The van der Waals surface area contributed by atoms with Crippen LogP contribution in [0.1, 0.15) is 0 Å². The minimum Gasteiger partial charge on any atom is -0.505 e. The second-order valence-electron chi connectivity index (χ2n) is 2.26. The molecular formula is C8H8ClFO3. The molecule has 13 heavy (non-hydrogen) atoms. The standard InChI is InChI=1S/C8H8ClFO3/c1-12-5-3-4(11)7(10)6(9)8(5)13-2/h3,11H,1-2H3. The summed E-state index contributed by atoms with van der Waals surface area (Å²) in [6.07, 6.45) is 0. The highest BCUT2D eigenvalue weighted by Gasteiger charge is 2.17. The summed E-state index contributed by atoms with van der Waals surface area (Å²) in [6.45, 7) is 0. The Balaban J connectivity index is 3.39. The molecule has 1 rings (SSSR count). The Bertz CT molecular complexity index is 328. The lowest BCUT2D eigenvalue weighted by Gasteiger charge is -2.10. The third-order valence-electron chi connectivity index (χ3n) is 1.53. The molecule has 1 aromatic rings. The molecule has 0 radical (unpaired) electrons. The largest absolute Gasteiger partial charge is 0.505 e. The molecule has 0 aliphatic rings. The van der Waals surface area contributed by atoms with E-state index in [2.05, 4.69) is 0 Å². The fourth-order valence-electron chi connectivity index (χ4n) is 0.915. The van der Waals surface area contributed by atoms with Gasteiger partial charge in [0.15, 0.2) is 23.1 Å². The van der Waals surface area contributed by atoms with E-state index in [-0.39, 0.29) is 16.5 Å². The van der Waals surface area contributed by atoms with E-state index in [1.54, 1.807) is 0 Å². The van der Waals surface area contributed by atoms with E-state index >= 15 is 0 Å². The molecule has 0 fully saturated rings. The lowest BCUT2D eigenvalue weighted by atomic mass is 10.3. The van der Waals surface area contributed by atoms with Crippen molar-refractivity contribution in [2.24, 2.45) is 0 Å². The number of phenolic OH excluding ortho intramolecular Hbond substituents is 1. The molecule has 0 aliphatic carbocycles. The van der Waals surface area contributed by atoms with Gasteiger partial charge in [-0.2, -0.15) is 0 Å². The van der Waals surface area contributed by atoms with Crippen molar-refractivity contribution < 1.29 is 19.0 Å². The zero-order chi connectivity index (χ0) is 10.0. The Morgan fingerprint density at radius 2 is 2.00 bits per heavy atom. The van der Waals surface area contributed by atoms with Crippen LogP contribution >= 0.6 is 11.6 Å². The average molecular weight is 207 g/mol. The Kier molecular flexibility index (Phi) is 2.83. The second kappa shape index (κ2) is 3.70. The van der Waals surface area contributed by atoms with E-state index < -0.39 is 11.6 Å². The summed E-state index contributed by atoms with van der Waals surface area (Å²) in [4.78, 5) is 0. The van der Waals surface area contributed by atoms with E-state index in [1.165, 1.54) is 14.2 Å². The number of rotatable bonds is 2.